The minimum atomic E-state index is -2.87. The van der Waals surface area contributed by atoms with Crippen LogP contribution in [-0.4, -0.2) is 50.0 Å². The molecule has 8 heteroatoms. The van der Waals surface area contributed by atoms with E-state index in [2.05, 4.69) is 20.6 Å². The average molecular weight is 345 g/mol. The lowest BCUT2D eigenvalue weighted by molar-refractivity contribution is 0.599. The summed E-state index contributed by atoms with van der Waals surface area (Å²) < 4.78 is 23.0. The number of aryl methyl sites for hydroxylation is 2. The SMILES string of the molecule is CCNC(=NCCc1sc(C)nc1C)NC1CCS(=O)(=O)C1. The second kappa shape index (κ2) is 7.41. The molecule has 2 rings (SSSR count). The van der Waals surface area contributed by atoms with Crippen LogP contribution in [0.5, 0.6) is 0 Å². The topological polar surface area (TPSA) is 83.4 Å². The molecule has 1 unspecified atom stereocenters. The molecule has 2 heterocycles. The summed E-state index contributed by atoms with van der Waals surface area (Å²) in [6, 6.07) is -0.0322. The molecule has 0 aliphatic carbocycles. The van der Waals surface area contributed by atoms with Crippen molar-refractivity contribution >= 4 is 27.1 Å². The number of hydrogen-bond donors (Lipinski definition) is 2. The Morgan fingerprint density at radius 3 is 2.77 bits per heavy atom. The quantitative estimate of drug-likeness (QED) is 0.616. The maximum Gasteiger partial charge on any atom is 0.191 e. The zero-order valence-electron chi connectivity index (χ0n) is 13.3. The molecule has 0 radical (unpaired) electrons. The molecule has 1 aromatic heterocycles. The van der Waals surface area contributed by atoms with Gasteiger partial charge in [-0.15, -0.1) is 11.3 Å². The normalized spacial score (nSPS) is 21.0. The third-order valence-electron chi connectivity index (χ3n) is 3.53. The highest BCUT2D eigenvalue weighted by atomic mass is 32.2. The van der Waals surface area contributed by atoms with E-state index in [1.54, 1.807) is 11.3 Å². The fraction of sp³-hybridized carbons (Fsp3) is 0.714. The summed E-state index contributed by atoms with van der Waals surface area (Å²) >= 11 is 1.71. The van der Waals surface area contributed by atoms with Crippen LogP contribution in [0.4, 0.5) is 0 Å². The Kier molecular flexibility index (Phi) is 5.80. The molecule has 6 nitrogen and oxygen atoms in total. The molecule has 2 N–H and O–H groups in total. The van der Waals surface area contributed by atoms with Crippen LogP contribution in [0.2, 0.25) is 0 Å². The van der Waals surface area contributed by atoms with Crippen molar-refractivity contribution in [3.63, 3.8) is 0 Å². The molecule has 1 fully saturated rings. The predicted octanol–water partition coefficient (Wildman–Crippen LogP) is 1.04. The van der Waals surface area contributed by atoms with Crippen molar-refractivity contribution in [2.75, 3.05) is 24.6 Å². The Morgan fingerprint density at radius 2 is 2.23 bits per heavy atom. The van der Waals surface area contributed by atoms with Gasteiger partial charge in [-0.25, -0.2) is 13.4 Å². The molecule has 0 spiro atoms. The lowest BCUT2D eigenvalue weighted by Crippen LogP contribution is -2.44. The van der Waals surface area contributed by atoms with E-state index in [1.807, 2.05) is 20.8 Å². The number of aromatic nitrogens is 1. The highest BCUT2D eigenvalue weighted by Crippen LogP contribution is 2.17. The van der Waals surface area contributed by atoms with Crippen molar-refractivity contribution < 1.29 is 8.42 Å². The van der Waals surface area contributed by atoms with Crippen LogP contribution in [0.15, 0.2) is 4.99 Å². The molecule has 22 heavy (non-hydrogen) atoms. The third-order valence-corrected chi connectivity index (χ3v) is 6.43. The van der Waals surface area contributed by atoms with Gasteiger partial charge in [-0.05, 0) is 27.2 Å². The zero-order chi connectivity index (χ0) is 16.2. The van der Waals surface area contributed by atoms with Crippen LogP contribution in [0, 0.1) is 13.8 Å². The van der Waals surface area contributed by atoms with Crippen LogP contribution in [-0.2, 0) is 16.3 Å². The summed E-state index contributed by atoms with van der Waals surface area (Å²) in [5, 5.41) is 7.48. The maximum atomic E-state index is 11.5. The highest BCUT2D eigenvalue weighted by Gasteiger charge is 2.28. The fourth-order valence-electron chi connectivity index (χ4n) is 2.50. The number of nitrogens with zero attached hydrogens (tertiary/aromatic N) is 2. The molecule has 0 saturated carbocycles. The smallest absolute Gasteiger partial charge is 0.191 e. The van der Waals surface area contributed by atoms with Gasteiger partial charge in [0.2, 0.25) is 0 Å². The van der Waals surface area contributed by atoms with E-state index in [9.17, 15) is 8.42 Å². The summed E-state index contributed by atoms with van der Waals surface area (Å²) in [5.41, 5.74) is 1.08. The molecule has 1 saturated heterocycles. The molecular weight excluding hydrogens is 320 g/mol. The second-order valence-electron chi connectivity index (χ2n) is 5.50. The van der Waals surface area contributed by atoms with Crippen molar-refractivity contribution in [3.8, 4) is 0 Å². The Labute approximate surface area is 136 Å². The van der Waals surface area contributed by atoms with Crippen LogP contribution in [0.3, 0.4) is 0 Å². The summed E-state index contributed by atoms with van der Waals surface area (Å²) in [5.74, 6) is 1.16. The lowest BCUT2D eigenvalue weighted by atomic mass is 10.3. The first-order chi connectivity index (χ1) is 10.4. The Balaban J connectivity index is 1.91. The van der Waals surface area contributed by atoms with Gasteiger partial charge in [0, 0.05) is 30.4 Å². The van der Waals surface area contributed by atoms with Gasteiger partial charge in [-0.1, -0.05) is 0 Å². The van der Waals surface area contributed by atoms with Gasteiger partial charge in [-0.2, -0.15) is 0 Å². The van der Waals surface area contributed by atoms with Crippen LogP contribution < -0.4 is 10.6 Å². The number of nitrogens with one attached hydrogen (secondary N) is 2. The van der Waals surface area contributed by atoms with E-state index in [0.717, 1.165) is 23.7 Å². The summed E-state index contributed by atoms with van der Waals surface area (Å²) in [6.45, 7) is 7.45. The fourth-order valence-corrected chi connectivity index (χ4v) is 5.10. The molecular formula is C14H24N4O2S2. The summed E-state index contributed by atoms with van der Waals surface area (Å²) in [4.78, 5) is 10.2. The predicted molar refractivity (Wildman–Crippen MR) is 91.5 cm³/mol. The average Bonchev–Trinajstić information content (AvgIpc) is 2.92. The standard InChI is InChI=1S/C14H24N4O2S2/c1-4-15-14(18-12-6-8-22(19,20)9-12)16-7-5-13-10(2)17-11(3)21-13/h12H,4-9H2,1-3H3,(H2,15,16,18). The number of rotatable bonds is 5. The molecule has 1 atom stereocenters. The van der Waals surface area contributed by atoms with Gasteiger partial charge in [-0.3, -0.25) is 4.99 Å². The van der Waals surface area contributed by atoms with E-state index in [4.69, 9.17) is 0 Å². The van der Waals surface area contributed by atoms with Gasteiger partial charge in [0.1, 0.15) is 0 Å². The molecule has 0 aromatic carbocycles. The van der Waals surface area contributed by atoms with Gasteiger partial charge < -0.3 is 10.6 Å². The summed E-state index contributed by atoms with van der Waals surface area (Å²) in [6.07, 6.45) is 1.51. The maximum absolute atomic E-state index is 11.5. The Hall–Kier alpha value is -1.15. The van der Waals surface area contributed by atoms with Crippen molar-refractivity contribution in [3.05, 3.63) is 15.6 Å². The zero-order valence-corrected chi connectivity index (χ0v) is 15.0. The van der Waals surface area contributed by atoms with Gasteiger partial charge >= 0.3 is 0 Å². The number of sulfone groups is 1. The van der Waals surface area contributed by atoms with Gasteiger partial charge in [0.05, 0.1) is 22.2 Å². The largest absolute Gasteiger partial charge is 0.357 e. The first kappa shape index (κ1) is 17.2. The van der Waals surface area contributed by atoms with Crippen molar-refractivity contribution in [2.45, 2.75) is 39.7 Å². The number of aliphatic imine (C=N–C) groups is 1. The van der Waals surface area contributed by atoms with Crippen molar-refractivity contribution in [1.29, 1.82) is 0 Å². The third kappa shape index (κ3) is 4.95. The first-order valence-corrected chi connectivity index (χ1v) is 10.2. The van der Waals surface area contributed by atoms with Crippen LogP contribution >= 0.6 is 11.3 Å². The minimum Gasteiger partial charge on any atom is -0.357 e. The van der Waals surface area contributed by atoms with Crippen LogP contribution in [0.25, 0.3) is 0 Å². The van der Waals surface area contributed by atoms with Gasteiger partial charge in [0.15, 0.2) is 15.8 Å². The van der Waals surface area contributed by atoms with E-state index < -0.39 is 9.84 Å². The number of guanidine groups is 1. The van der Waals surface area contributed by atoms with E-state index >= 15 is 0 Å². The van der Waals surface area contributed by atoms with E-state index in [1.165, 1.54) is 4.88 Å². The first-order valence-electron chi connectivity index (χ1n) is 7.58. The molecule has 1 aliphatic heterocycles. The second-order valence-corrected chi connectivity index (χ2v) is 9.01. The van der Waals surface area contributed by atoms with Gasteiger partial charge in [0.25, 0.3) is 0 Å². The van der Waals surface area contributed by atoms with E-state index in [-0.39, 0.29) is 17.5 Å². The Morgan fingerprint density at radius 1 is 1.45 bits per heavy atom. The molecule has 1 aromatic rings. The molecule has 0 amide bonds. The number of hydrogen-bond acceptors (Lipinski definition) is 5. The van der Waals surface area contributed by atoms with E-state index in [0.29, 0.717) is 18.9 Å². The molecule has 124 valence electrons. The van der Waals surface area contributed by atoms with Crippen LogP contribution in [0.1, 0.15) is 28.9 Å². The molecule has 0 bridgehead atoms. The van der Waals surface area contributed by atoms with Crippen molar-refractivity contribution in [2.24, 2.45) is 4.99 Å². The lowest BCUT2D eigenvalue weighted by Gasteiger charge is -2.15. The summed E-state index contributed by atoms with van der Waals surface area (Å²) in [7, 11) is -2.87. The molecule has 1 aliphatic rings. The highest BCUT2D eigenvalue weighted by molar-refractivity contribution is 7.91. The number of thiazole rings is 1. The Bertz CT molecular complexity index is 637. The van der Waals surface area contributed by atoms with Crippen molar-refractivity contribution in [1.82, 2.24) is 15.6 Å². The monoisotopic (exact) mass is 344 g/mol. The minimum absolute atomic E-state index is 0.0322.